The van der Waals surface area contributed by atoms with Crippen molar-refractivity contribution in [1.82, 2.24) is 19.7 Å². The smallest absolute Gasteiger partial charge is 0.377 e. The summed E-state index contributed by atoms with van der Waals surface area (Å²) < 4.78 is 6.11. The van der Waals surface area contributed by atoms with Gasteiger partial charge in [0.1, 0.15) is 6.33 Å². The highest BCUT2D eigenvalue weighted by atomic mass is 16.5. The molecule has 1 amide bonds. The summed E-state index contributed by atoms with van der Waals surface area (Å²) in [6, 6.07) is 10.8. The Kier molecular flexibility index (Phi) is 5.02. The second-order valence-corrected chi connectivity index (χ2v) is 5.53. The van der Waals surface area contributed by atoms with Gasteiger partial charge in [-0.05, 0) is 29.8 Å². The van der Waals surface area contributed by atoms with Crippen molar-refractivity contribution in [3.8, 4) is 0 Å². The Morgan fingerprint density at radius 2 is 1.96 bits per heavy atom. The molecule has 0 radical (unpaired) electrons. The van der Waals surface area contributed by atoms with Crippen LogP contribution >= 0.6 is 0 Å². The van der Waals surface area contributed by atoms with Gasteiger partial charge in [0.25, 0.3) is 11.7 Å². The molecule has 0 aliphatic heterocycles. The third-order valence-electron chi connectivity index (χ3n) is 3.79. The molecule has 3 rings (SSSR count). The molecule has 0 saturated heterocycles. The average molecular weight is 351 g/mol. The topological polar surface area (TPSA) is 90.2 Å². The van der Waals surface area contributed by atoms with Gasteiger partial charge in [0.15, 0.2) is 0 Å². The van der Waals surface area contributed by atoms with Gasteiger partial charge in [-0.3, -0.25) is 9.78 Å². The van der Waals surface area contributed by atoms with Gasteiger partial charge in [-0.1, -0.05) is 12.1 Å². The van der Waals surface area contributed by atoms with Crippen molar-refractivity contribution >= 4 is 17.6 Å². The third-order valence-corrected chi connectivity index (χ3v) is 3.79. The lowest BCUT2D eigenvalue weighted by atomic mass is 10.1. The molecule has 2 aromatic heterocycles. The van der Waals surface area contributed by atoms with Crippen molar-refractivity contribution in [2.24, 2.45) is 0 Å². The Balaban J connectivity index is 1.69. The minimum absolute atomic E-state index is 0.0115. The zero-order valence-electron chi connectivity index (χ0n) is 14.4. The average Bonchev–Trinajstić information content (AvgIpc) is 3.16. The van der Waals surface area contributed by atoms with Crippen LogP contribution in [0.2, 0.25) is 0 Å². The molecule has 3 aromatic rings. The largest absolute Gasteiger partial charge is 0.463 e. The maximum Gasteiger partial charge on any atom is 0.377 e. The minimum Gasteiger partial charge on any atom is -0.463 e. The van der Waals surface area contributed by atoms with Crippen LogP contribution in [0.3, 0.4) is 0 Å². The molecular weight excluding hydrogens is 334 g/mol. The normalized spacial score (nSPS) is 10.4. The monoisotopic (exact) mass is 351 g/mol. The van der Waals surface area contributed by atoms with Crippen LogP contribution in [0.5, 0.6) is 0 Å². The van der Waals surface area contributed by atoms with Crippen molar-refractivity contribution in [2.75, 3.05) is 19.1 Å². The molecule has 0 unspecified atom stereocenters. The van der Waals surface area contributed by atoms with Crippen molar-refractivity contribution in [3.63, 3.8) is 0 Å². The number of aromatic nitrogens is 4. The Morgan fingerprint density at radius 3 is 2.62 bits per heavy atom. The van der Waals surface area contributed by atoms with Gasteiger partial charge in [-0.2, -0.15) is 0 Å². The Morgan fingerprint density at radius 1 is 1.19 bits per heavy atom. The summed E-state index contributed by atoms with van der Waals surface area (Å²) in [6.07, 6.45) is 4.75. The molecule has 132 valence electrons. The number of carbonyl (C=O) groups is 2. The van der Waals surface area contributed by atoms with Crippen LogP contribution in [0.15, 0.2) is 55.1 Å². The highest BCUT2D eigenvalue weighted by molar-refractivity contribution is 6.05. The first-order chi connectivity index (χ1) is 12.6. The molecule has 0 saturated carbocycles. The Labute approximate surface area is 150 Å². The Bertz CT molecular complexity index is 906. The molecule has 0 atom stereocenters. The number of hydrogen-bond donors (Lipinski definition) is 0. The van der Waals surface area contributed by atoms with E-state index in [0.29, 0.717) is 12.1 Å². The highest BCUT2D eigenvalue weighted by Gasteiger charge is 2.14. The molecule has 0 bridgehead atoms. The van der Waals surface area contributed by atoms with Gasteiger partial charge in [-0.15, -0.1) is 5.10 Å². The third kappa shape index (κ3) is 3.75. The highest BCUT2D eigenvalue weighted by Crippen LogP contribution is 2.14. The first kappa shape index (κ1) is 17.3. The van der Waals surface area contributed by atoms with Crippen LogP contribution in [-0.4, -0.2) is 45.8 Å². The lowest BCUT2D eigenvalue weighted by Gasteiger charge is -2.17. The molecule has 2 heterocycles. The van der Waals surface area contributed by atoms with E-state index in [1.165, 1.54) is 18.1 Å². The lowest BCUT2D eigenvalue weighted by molar-refractivity contribution is 0.0586. The number of ether oxygens (including phenoxy) is 1. The van der Waals surface area contributed by atoms with Crippen LogP contribution in [-0.2, 0) is 11.3 Å². The van der Waals surface area contributed by atoms with Crippen molar-refractivity contribution < 1.29 is 14.3 Å². The summed E-state index contributed by atoms with van der Waals surface area (Å²) in [5.41, 5.74) is 2.21. The number of anilines is 1. The standard InChI is InChI=1S/C18H17N5O3/c1-22(15-4-3-9-19-10-15)17(24)14-7-5-13(6-8-14)11-23-12-20-16(21-23)18(25)26-2/h3-10,12H,11H2,1-2H3. The number of methoxy groups -OCH3 is 1. The van der Waals surface area contributed by atoms with Crippen LogP contribution < -0.4 is 4.90 Å². The van der Waals surface area contributed by atoms with Crippen molar-refractivity contribution in [2.45, 2.75) is 6.54 Å². The summed E-state index contributed by atoms with van der Waals surface area (Å²) in [5, 5.41) is 4.05. The molecule has 0 aliphatic carbocycles. The zero-order valence-corrected chi connectivity index (χ0v) is 14.4. The maximum atomic E-state index is 12.5. The van der Waals surface area contributed by atoms with E-state index in [0.717, 1.165) is 11.3 Å². The summed E-state index contributed by atoms with van der Waals surface area (Å²) in [7, 11) is 2.98. The van der Waals surface area contributed by atoms with Crippen molar-refractivity contribution in [3.05, 3.63) is 72.1 Å². The predicted molar refractivity (Wildman–Crippen MR) is 93.9 cm³/mol. The first-order valence-corrected chi connectivity index (χ1v) is 7.83. The maximum absolute atomic E-state index is 12.5. The number of esters is 1. The summed E-state index contributed by atoms with van der Waals surface area (Å²) in [6.45, 7) is 0.427. The number of hydrogen-bond acceptors (Lipinski definition) is 6. The van der Waals surface area contributed by atoms with E-state index in [4.69, 9.17) is 0 Å². The SMILES string of the molecule is COC(=O)c1ncn(Cc2ccc(C(=O)N(C)c3cccnc3)cc2)n1. The summed E-state index contributed by atoms with van der Waals surface area (Å²) in [4.78, 5) is 33.4. The van der Waals surface area contributed by atoms with E-state index in [2.05, 4.69) is 19.8 Å². The van der Waals surface area contributed by atoms with E-state index < -0.39 is 5.97 Å². The van der Waals surface area contributed by atoms with Crippen LogP contribution in [0.25, 0.3) is 0 Å². The van der Waals surface area contributed by atoms with Gasteiger partial charge in [0.2, 0.25) is 0 Å². The van der Waals surface area contributed by atoms with Crippen LogP contribution in [0.1, 0.15) is 26.5 Å². The zero-order chi connectivity index (χ0) is 18.5. The summed E-state index contributed by atoms with van der Waals surface area (Å²) in [5.74, 6) is -0.696. The molecule has 0 spiro atoms. The van der Waals surface area contributed by atoms with Gasteiger partial charge >= 0.3 is 5.97 Å². The van der Waals surface area contributed by atoms with E-state index in [1.54, 1.807) is 42.5 Å². The van der Waals surface area contributed by atoms with E-state index in [-0.39, 0.29) is 11.7 Å². The second kappa shape index (κ2) is 7.56. The van der Waals surface area contributed by atoms with Gasteiger partial charge in [-0.25, -0.2) is 14.5 Å². The predicted octanol–water partition coefficient (Wildman–Crippen LogP) is 1.78. The molecule has 0 N–H and O–H groups in total. The van der Waals surface area contributed by atoms with Gasteiger partial charge in [0.05, 0.1) is 25.5 Å². The van der Waals surface area contributed by atoms with E-state index in [9.17, 15) is 9.59 Å². The van der Waals surface area contributed by atoms with Crippen molar-refractivity contribution in [1.29, 1.82) is 0 Å². The van der Waals surface area contributed by atoms with E-state index in [1.807, 2.05) is 18.2 Å². The fourth-order valence-corrected chi connectivity index (χ4v) is 2.36. The van der Waals surface area contributed by atoms with Crippen LogP contribution in [0, 0.1) is 0 Å². The molecular formula is C18H17N5O3. The number of carbonyl (C=O) groups excluding carboxylic acids is 2. The van der Waals surface area contributed by atoms with Gasteiger partial charge < -0.3 is 9.64 Å². The fourth-order valence-electron chi connectivity index (χ4n) is 2.36. The van der Waals surface area contributed by atoms with Crippen LogP contribution in [0.4, 0.5) is 5.69 Å². The molecule has 26 heavy (non-hydrogen) atoms. The quantitative estimate of drug-likeness (QED) is 0.651. The fraction of sp³-hybridized carbons (Fsp3) is 0.167. The Hall–Kier alpha value is -3.55. The molecule has 1 aromatic carbocycles. The number of pyridine rings is 1. The number of benzene rings is 1. The summed E-state index contributed by atoms with van der Waals surface area (Å²) >= 11 is 0. The number of nitrogens with zero attached hydrogens (tertiary/aromatic N) is 5. The molecule has 8 heteroatoms. The second-order valence-electron chi connectivity index (χ2n) is 5.53. The van der Waals surface area contributed by atoms with E-state index >= 15 is 0 Å². The first-order valence-electron chi connectivity index (χ1n) is 7.83. The minimum atomic E-state index is -0.580. The molecule has 8 nitrogen and oxygen atoms in total. The number of amides is 1. The number of rotatable bonds is 5. The molecule has 0 aliphatic rings. The molecule has 0 fully saturated rings. The lowest BCUT2D eigenvalue weighted by Crippen LogP contribution is -2.26. The van der Waals surface area contributed by atoms with Gasteiger partial charge in [0, 0.05) is 18.8 Å².